The number of hydrogen-bond donors (Lipinski definition) is 2. The molecule has 0 saturated heterocycles. The van der Waals surface area contributed by atoms with E-state index < -0.39 is 0 Å². The summed E-state index contributed by atoms with van der Waals surface area (Å²) in [7, 11) is 1.87. The first kappa shape index (κ1) is 12.4. The molecule has 1 aromatic heterocycles. The number of nitrogens with one attached hydrogen (secondary N) is 2. The van der Waals surface area contributed by atoms with E-state index in [0.29, 0.717) is 0 Å². The number of aryl methyl sites for hydroxylation is 1. The van der Waals surface area contributed by atoms with E-state index in [1.807, 2.05) is 19.2 Å². The number of benzene rings is 1. The minimum atomic E-state index is 0.844. The van der Waals surface area contributed by atoms with Crippen molar-refractivity contribution in [3.8, 4) is 0 Å². The lowest BCUT2D eigenvalue weighted by atomic mass is 10.1. The number of hydrogen-bond acceptors (Lipinski definition) is 3. The third-order valence-corrected chi connectivity index (χ3v) is 3.00. The van der Waals surface area contributed by atoms with Gasteiger partial charge in [0.2, 0.25) is 0 Å². The van der Waals surface area contributed by atoms with Gasteiger partial charge in [-0.1, -0.05) is 31.2 Å². The molecule has 94 valence electrons. The van der Waals surface area contributed by atoms with E-state index in [2.05, 4.69) is 46.8 Å². The molecule has 0 aliphatic heterocycles. The van der Waals surface area contributed by atoms with Gasteiger partial charge in [-0.15, -0.1) is 0 Å². The summed E-state index contributed by atoms with van der Waals surface area (Å²) in [4.78, 5) is 4.20. The molecule has 18 heavy (non-hydrogen) atoms. The number of aromatic nitrogens is 1. The van der Waals surface area contributed by atoms with E-state index in [1.165, 1.54) is 11.1 Å². The number of anilines is 2. The molecule has 0 saturated carbocycles. The smallest absolute Gasteiger partial charge is 0.127 e. The minimum absolute atomic E-state index is 0.844. The molecular formula is C15H19N3. The second-order valence-corrected chi connectivity index (χ2v) is 4.16. The van der Waals surface area contributed by atoms with E-state index in [9.17, 15) is 0 Å². The molecule has 0 bridgehead atoms. The van der Waals surface area contributed by atoms with E-state index in [1.54, 1.807) is 6.20 Å². The summed E-state index contributed by atoms with van der Waals surface area (Å²) in [6, 6.07) is 12.5. The second kappa shape index (κ2) is 6.05. The van der Waals surface area contributed by atoms with Crippen LogP contribution in [0.2, 0.25) is 0 Å². The van der Waals surface area contributed by atoms with Gasteiger partial charge in [0.25, 0.3) is 0 Å². The molecule has 3 heteroatoms. The lowest BCUT2D eigenvalue weighted by Gasteiger charge is -2.11. The van der Waals surface area contributed by atoms with Crippen LogP contribution in [0.25, 0.3) is 0 Å². The van der Waals surface area contributed by atoms with Crippen molar-refractivity contribution in [2.24, 2.45) is 0 Å². The van der Waals surface area contributed by atoms with Gasteiger partial charge in [0.1, 0.15) is 5.82 Å². The summed E-state index contributed by atoms with van der Waals surface area (Å²) in [5, 5.41) is 6.47. The molecular weight excluding hydrogens is 222 g/mol. The summed E-state index contributed by atoms with van der Waals surface area (Å²) in [5.41, 5.74) is 3.83. The van der Waals surface area contributed by atoms with Crippen molar-refractivity contribution in [1.82, 2.24) is 4.98 Å². The van der Waals surface area contributed by atoms with Crippen LogP contribution in [0.4, 0.5) is 11.5 Å². The molecule has 0 amide bonds. The molecule has 0 aliphatic rings. The molecule has 1 aromatic carbocycles. The van der Waals surface area contributed by atoms with Gasteiger partial charge in [0.15, 0.2) is 0 Å². The SMILES string of the molecule is CCc1ccccc1CNc1ccnc(NC)c1. The summed E-state index contributed by atoms with van der Waals surface area (Å²) in [6.07, 6.45) is 2.87. The van der Waals surface area contributed by atoms with Crippen molar-refractivity contribution in [3.05, 3.63) is 53.7 Å². The van der Waals surface area contributed by atoms with Crippen LogP contribution < -0.4 is 10.6 Å². The largest absolute Gasteiger partial charge is 0.381 e. The van der Waals surface area contributed by atoms with Gasteiger partial charge < -0.3 is 10.6 Å². The van der Waals surface area contributed by atoms with Gasteiger partial charge in [-0.05, 0) is 23.6 Å². The Balaban J connectivity index is 2.06. The van der Waals surface area contributed by atoms with Gasteiger partial charge in [-0.3, -0.25) is 0 Å². The van der Waals surface area contributed by atoms with E-state index in [-0.39, 0.29) is 0 Å². The molecule has 2 aromatic rings. The highest BCUT2D eigenvalue weighted by Gasteiger charge is 2.00. The summed E-state index contributed by atoms with van der Waals surface area (Å²) in [5.74, 6) is 0.878. The lowest BCUT2D eigenvalue weighted by molar-refractivity contribution is 1.04. The van der Waals surface area contributed by atoms with Crippen molar-refractivity contribution in [2.75, 3.05) is 17.7 Å². The normalized spacial score (nSPS) is 10.1. The minimum Gasteiger partial charge on any atom is -0.381 e. The second-order valence-electron chi connectivity index (χ2n) is 4.16. The molecule has 0 fully saturated rings. The Labute approximate surface area is 108 Å². The Morgan fingerprint density at radius 1 is 1.11 bits per heavy atom. The average Bonchev–Trinajstić information content (AvgIpc) is 2.45. The van der Waals surface area contributed by atoms with Gasteiger partial charge >= 0.3 is 0 Å². The van der Waals surface area contributed by atoms with Gasteiger partial charge in [-0.25, -0.2) is 4.98 Å². The fourth-order valence-corrected chi connectivity index (χ4v) is 1.95. The summed E-state index contributed by atoms with van der Waals surface area (Å²) < 4.78 is 0. The molecule has 0 radical (unpaired) electrons. The zero-order chi connectivity index (χ0) is 12.8. The fourth-order valence-electron chi connectivity index (χ4n) is 1.95. The van der Waals surface area contributed by atoms with Crippen LogP contribution >= 0.6 is 0 Å². The number of nitrogens with zero attached hydrogens (tertiary/aromatic N) is 1. The van der Waals surface area contributed by atoms with Crippen LogP contribution in [0, 0.1) is 0 Å². The zero-order valence-corrected chi connectivity index (χ0v) is 10.9. The van der Waals surface area contributed by atoms with Gasteiger partial charge in [-0.2, -0.15) is 0 Å². The van der Waals surface area contributed by atoms with Crippen molar-refractivity contribution in [2.45, 2.75) is 19.9 Å². The third kappa shape index (κ3) is 3.00. The van der Waals surface area contributed by atoms with Crippen molar-refractivity contribution in [1.29, 1.82) is 0 Å². The first-order valence-corrected chi connectivity index (χ1v) is 6.28. The van der Waals surface area contributed by atoms with Gasteiger partial charge in [0.05, 0.1) is 0 Å². The first-order valence-electron chi connectivity index (χ1n) is 6.28. The molecule has 2 N–H and O–H groups in total. The van der Waals surface area contributed by atoms with Crippen molar-refractivity contribution < 1.29 is 0 Å². The Morgan fingerprint density at radius 3 is 2.61 bits per heavy atom. The zero-order valence-electron chi connectivity index (χ0n) is 10.9. The highest BCUT2D eigenvalue weighted by molar-refractivity contribution is 5.52. The van der Waals surface area contributed by atoms with Gasteiger partial charge in [0, 0.05) is 31.5 Å². The van der Waals surface area contributed by atoms with Crippen LogP contribution in [0.15, 0.2) is 42.6 Å². The van der Waals surface area contributed by atoms with E-state index in [0.717, 1.165) is 24.5 Å². The third-order valence-electron chi connectivity index (χ3n) is 3.00. The standard InChI is InChI=1S/C15H19N3/c1-3-12-6-4-5-7-13(12)11-18-14-8-9-17-15(10-14)16-2/h4-10H,3,11H2,1-2H3,(H2,16,17,18). The maximum absolute atomic E-state index is 4.20. The van der Waals surface area contributed by atoms with Crippen LogP contribution in [0.3, 0.4) is 0 Å². The predicted octanol–water partition coefficient (Wildman–Crippen LogP) is 3.30. The highest BCUT2D eigenvalue weighted by atomic mass is 15.0. The Morgan fingerprint density at radius 2 is 1.89 bits per heavy atom. The van der Waals surface area contributed by atoms with Crippen molar-refractivity contribution in [3.63, 3.8) is 0 Å². The Kier molecular flexibility index (Phi) is 4.18. The molecule has 2 rings (SSSR count). The maximum Gasteiger partial charge on any atom is 0.127 e. The van der Waals surface area contributed by atoms with Crippen LogP contribution in [0.1, 0.15) is 18.1 Å². The molecule has 0 spiro atoms. The predicted molar refractivity (Wildman–Crippen MR) is 76.9 cm³/mol. The molecule has 0 atom stereocenters. The lowest BCUT2D eigenvalue weighted by Crippen LogP contribution is -2.03. The molecule has 3 nitrogen and oxygen atoms in total. The fraction of sp³-hybridized carbons (Fsp3) is 0.267. The average molecular weight is 241 g/mol. The van der Waals surface area contributed by atoms with Crippen LogP contribution in [0.5, 0.6) is 0 Å². The monoisotopic (exact) mass is 241 g/mol. The molecule has 1 heterocycles. The molecule has 0 unspecified atom stereocenters. The highest BCUT2D eigenvalue weighted by Crippen LogP contribution is 2.15. The van der Waals surface area contributed by atoms with Crippen molar-refractivity contribution >= 4 is 11.5 Å². The summed E-state index contributed by atoms with van der Waals surface area (Å²) >= 11 is 0. The van der Waals surface area contributed by atoms with Crippen LogP contribution in [-0.4, -0.2) is 12.0 Å². The first-order chi connectivity index (χ1) is 8.83. The topological polar surface area (TPSA) is 37.0 Å². The Hall–Kier alpha value is -2.03. The quantitative estimate of drug-likeness (QED) is 0.843. The number of rotatable bonds is 5. The van der Waals surface area contributed by atoms with E-state index in [4.69, 9.17) is 0 Å². The maximum atomic E-state index is 4.20. The summed E-state index contributed by atoms with van der Waals surface area (Å²) in [6.45, 7) is 3.03. The number of pyridine rings is 1. The van der Waals surface area contributed by atoms with Crippen LogP contribution in [-0.2, 0) is 13.0 Å². The Bertz CT molecular complexity index is 509. The molecule has 0 aliphatic carbocycles. The van der Waals surface area contributed by atoms with E-state index >= 15 is 0 Å².